The highest BCUT2D eigenvalue weighted by Crippen LogP contribution is 2.22. The van der Waals surface area contributed by atoms with Gasteiger partial charge in [0.1, 0.15) is 5.75 Å². The molecule has 2 aromatic rings. The first kappa shape index (κ1) is 18.6. The number of rotatable bonds is 6. The van der Waals surface area contributed by atoms with Crippen LogP contribution < -0.4 is 15.0 Å². The molecule has 0 radical (unpaired) electrons. The summed E-state index contributed by atoms with van der Waals surface area (Å²) in [5.41, 5.74) is 2.36. The van der Waals surface area contributed by atoms with Crippen LogP contribution >= 0.6 is 0 Å². The maximum Gasteiger partial charge on any atom is 0.573 e. The van der Waals surface area contributed by atoms with Gasteiger partial charge in [-0.3, -0.25) is 4.79 Å². The van der Waals surface area contributed by atoms with E-state index in [4.69, 9.17) is 0 Å². The molecular weight excluding hydrogens is 333 g/mol. The van der Waals surface area contributed by atoms with Gasteiger partial charge >= 0.3 is 6.36 Å². The number of benzene rings is 2. The lowest BCUT2D eigenvalue weighted by Crippen LogP contribution is -2.25. The van der Waals surface area contributed by atoms with Gasteiger partial charge in [-0.25, -0.2) is 0 Å². The fourth-order valence-electron chi connectivity index (χ4n) is 2.19. The highest BCUT2D eigenvalue weighted by Gasteiger charge is 2.30. The Morgan fingerprint density at radius 1 is 1.04 bits per heavy atom. The predicted octanol–water partition coefficient (Wildman–Crippen LogP) is 3.62. The van der Waals surface area contributed by atoms with Crippen LogP contribution in [0.1, 0.15) is 15.9 Å². The second-order valence-electron chi connectivity index (χ2n) is 5.64. The van der Waals surface area contributed by atoms with Crippen molar-refractivity contribution in [3.8, 4) is 5.75 Å². The van der Waals surface area contributed by atoms with E-state index in [1.165, 1.54) is 12.1 Å². The van der Waals surface area contributed by atoms with Gasteiger partial charge in [-0.05, 0) is 48.4 Å². The van der Waals surface area contributed by atoms with E-state index in [1.807, 2.05) is 31.1 Å². The third kappa shape index (κ3) is 6.02. The van der Waals surface area contributed by atoms with E-state index in [-0.39, 0.29) is 11.7 Å². The Kier molecular flexibility index (Phi) is 5.90. The van der Waals surface area contributed by atoms with Crippen molar-refractivity contribution in [1.82, 2.24) is 5.32 Å². The average Bonchev–Trinajstić information content (AvgIpc) is 2.55. The maximum atomic E-state index is 12.1. The van der Waals surface area contributed by atoms with Crippen LogP contribution in [0.4, 0.5) is 18.9 Å². The summed E-state index contributed by atoms with van der Waals surface area (Å²) in [7, 11) is 3.83. The number of nitrogens with zero attached hydrogens (tertiary/aromatic N) is 1. The van der Waals surface area contributed by atoms with Crippen molar-refractivity contribution in [3.63, 3.8) is 0 Å². The zero-order chi connectivity index (χ0) is 18.4. The molecule has 0 aliphatic heterocycles. The van der Waals surface area contributed by atoms with Gasteiger partial charge in [0.25, 0.3) is 5.91 Å². The summed E-state index contributed by atoms with van der Waals surface area (Å²) >= 11 is 0. The molecule has 0 saturated carbocycles. The molecule has 4 nitrogen and oxygen atoms in total. The normalized spacial score (nSPS) is 11.1. The topological polar surface area (TPSA) is 41.6 Å². The van der Waals surface area contributed by atoms with Gasteiger partial charge in [0.05, 0.1) is 0 Å². The monoisotopic (exact) mass is 352 g/mol. The first-order chi connectivity index (χ1) is 11.7. The number of carbonyl (C=O) groups is 1. The van der Waals surface area contributed by atoms with Crippen LogP contribution in [0.3, 0.4) is 0 Å². The average molecular weight is 352 g/mol. The van der Waals surface area contributed by atoms with Crippen LogP contribution in [-0.4, -0.2) is 32.9 Å². The summed E-state index contributed by atoms with van der Waals surface area (Å²) in [5, 5.41) is 2.79. The zero-order valence-corrected chi connectivity index (χ0v) is 13.9. The second-order valence-corrected chi connectivity index (χ2v) is 5.64. The summed E-state index contributed by atoms with van der Waals surface area (Å²) in [4.78, 5) is 14.0. The number of carbonyl (C=O) groups excluding carboxylic acids is 1. The summed E-state index contributed by atoms with van der Waals surface area (Å²) < 4.78 is 40.1. The molecule has 0 heterocycles. The van der Waals surface area contributed by atoms with Crippen molar-refractivity contribution >= 4 is 11.6 Å². The molecule has 0 atom stereocenters. The van der Waals surface area contributed by atoms with E-state index in [9.17, 15) is 18.0 Å². The second kappa shape index (κ2) is 7.92. The Morgan fingerprint density at radius 3 is 2.16 bits per heavy atom. The smallest absolute Gasteiger partial charge is 0.406 e. The lowest BCUT2D eigenvalue weighted by Gasteiger charge is -2.12. The van der Waals surface area contributed by atoms with Gasteiger partial charge in [0.2, 0.25) is 0 Å². The minimum Gasteiger partial charge on any atom is -0.406 e. The minimum absolute atomic E-state index is 0.192. The molecule has 0 aromatic heterocycles. The van der Waals surface area contributed by atoms with E-state index >= 15 is 0 Å². The van der Waals surface area contributed by atoms with E-state index in [2.05, 4.69) is 10.1 Å². The van der Waals surface area contributed by atoms with Crippen LogP contribution in [-0.2, 0) is 6.42 Å². The Morgan fingerprint density at radius 2 is 1.64 bits per heavy atom. The number of anilines is 1. The van der Waals surface area contributed by atoms with Gasteiger partial charge in [-0.15, -0.1) is 13.2 Å². The fourth-order valence-corrected chi connectivity index (χ4v) is 2.19. The Balaban J connectivity index is 1.82. The number of halogens is 3. The number of hydrogen-bond donors (Lipinski definition) is 1. The maximum absolute atomic E-state index is 12.1. The fraction of sp³-hybridized carbons (Fsp3) is 0.278. The molecule has 7 heteroatoms. The number of alkyl halides is 3. The van der Waals surface area contributed by atoms with E-state index in [1.54, 1.807) is 24.3 Å². The molecule has 0 aliphatic rings. The third-order valence-electron chi connectivity index (χ3n) is 3.50. The van der Waals surface area contributed by atoms with Gasteiger partial charge < -0.3 is 15.0 Å². The van der Waals surface area contributed by atoms with Crippen molar-refractivity contribution in [2.24, 2.45) is 0 Å². The van der Waals surface area contributed by atoms with Crippen molar-refractivity contribution in [3.05, 3.63) is 59.7 Å². The molecule has 1 amide bonds. The molecule has 0 fully saturated rings. The summed E-state index contributed by atoms with van der Waals surface area (Å²) in [5.74, 6) is -0.455. The third-order valence-corrected chi connectivity index (χ3v) is 3.50. The molecule has 2 aromatic carbocycles. The molecule has 1 N–H and O–H groups in total. The standard InChI is InChI=1S/C18H19F3N2O2/c1-23(2)15-7-5-14(6-8-15)17(24)22-12-11-13-3-9-16(10-4-13)25-18(19,20)21/h3-10H,11-12H2,1-2H3,(H,22,24). The molecular formula is C18H19F3N2O2. The highest BCUT2D eigenvalue weighted by molar-refractivity contribution is 5.94. The first-order valence-electron chi connectivity index (χ1n) is 7.65. The van der Waals surface area contributed by atoms with Crippen molar-refractivity contribution in [1.29, 1.82) is 0 Å². The minimum atomic E-state index is -4.70. The Bertz CT molecular complexity index is 696. The quantitative estimate of drug-likeness (QED) is 0.863. The largest absolute Gasteiger partial charge is 0.573 e. The van der Waals surface area contributed by atoms with Crippen molar-refractivity contribution in [2.75, 3.05) is 25.5 Å². The van der Waals surface area contributed by atoms with Crippen molar-refractivity contribution < 1.29 is 22.7 Å². The lowest BCUT2D eigenvalue weighted by atomic mass is 10.1. The molecule has 0 aliphatic carbocycles. The molecule has 0 spiro atoms. The number of ether oxygens (including phenoxy) is 1. The predicted molar refractivity (Wildman–Crippen MR) is 89.9 cm³/mol. The molecule has 0 saturated heterocycles. The Labute approximate surface area is 144 Å². The highest BCUT2D eigenvalue weighted by atomic mass is 19.4. The van der Waals surface area contributed by atoms with Gasteiger partial charge in [0, 0.05) is 31.9 Å². The number of hydrogen-bond acceptors (Lipinski definition) is 3. The SMILES string of the molecule is CN(C)c1ccc(C(=O)NCCc2ccc(OC(F)(F)F)cc2)cc1. The molecule has 2 rings (SSSR count). The van der Waals surface area contributed by atoms with Gasteiger partial charge in [-0.1, -0.05) is 12.1 Å². The molecule has 0 unspecified atom stereocenters. The zero-order valence-electron chi connectivity index (χ0n) is 13.9. The summed E-state index contributed by atoms with van der Waals surface area (Å²) in [6, 6.07) is 12.8. The lowest BCUT2D eigenvalue weighted by molar-refractivity contribution is -0.274. The first-order valence-corrected chi connectivity index (χ1v) is 7.65. The van der Waals surface area contributed by atoms with Crippen LogP contribution in [0.5, 0.6) is 5.75 Å². The van der Waals surface area contributed by atoms with Crippen LogP contribution in [0.15, 0.2) is 48.5 Å². The van der Waals surface area contributed by atoms with Crippen LogP contribution in [0.2, 0.25) is 0 Å². The number of amides is 1. The summed E-state index contributed by atoms with van der Waals surface area (Å²) in [6.45, 7) is 0.383. The molecule has 134 valence electrons. The van der Waals surface area contributed by atoms with E-state index in [0.717, 1.165) is 11.3 Å². The summed E-state index contributed by atoms with van der Waals surface area (Å²) in [6.07, 6.45) is -4.19. The van der Waals surface area contributed by atoms with Crippen molar-refractivity contribution in [2.45, 2.75) is 12.8 Å². The molecule has 25 heavy (non-hydrogen) atoms. The van der Waals surface area contributed by atoms with Gasteiger partial charge in [0.15, 0.2) is 0 Å². The van der Waals surface area contributed by atoms with Gasteiger partial charge in [-0.2, -0.15) is 0 Å². The Hall–Kier alpha value is -2.70. The van der Waals surface area contributed by atoms with Crippen LogP contribution in [0.25, 0.3) is 0 Å². The van der Waals surface area contributed by atoms with E-state index in [0.29, 0.717) is 18.5 Å². The van der Waals surface area contributed by atoms with E-state index < -0.39 is 6.36 Å². The number of nitrogens with one attached hydrogen (secondary N) is 1. The molecule has 0 bridgehead atoms. The van der Waals surface area contributed by atoms with Crippen LogP contribution in [0, 0.1) is 0 Å².